The van der Waals surface area contributed by atoms with Gasteiger partial charge in [0.15, 0.2) is 5.82 Å². The second-order valence-corrected chi connectivity index (χ2v) is 10.4. The molecule has 0 bridgehead atoms. The Labute approximate surface area is 215 Å². The Morgan fingerprint density at radius 2 is 1.86 bits per heavy atom. The Morgan fingerprint density at radius 1 is 1.06 bits per heavy atom. The predicted octanol–water partition coefficient (Wildman–Crippen LogP) is 5.59. The van der Waals surface area contributed by atoms with Gasteiger partial charge >= 0.3 is 6.01 Å². The Bertz CT molecular complexity index is 1380. The molecule has 0 atom stereocenters. The number of nitrogens with one attached hydrogen (secondary N) is 3. The number of rotatable bonds is 7. The van der Waals surface area contributed by atoms with Gasteiger partial charge in [-0.25, -0.2) is 0 Å². The van der Waals surface area contributed by atoms with Gasteiger partial charge in [-0.1, -0.05) is 11.6 Å². The molecule has 6 rings (SSSR count). The molecule has 2 aliphatic rings. The molecule has 9 nitrogen and oxygen atoms in total. The minimum absolute atomic E-state index is 0.243. The van der Waals surface area contributed by atoms with Crippen LogP contribution in [0, 0.1) is 6.92 Å². The van der Waals surface area contributed by atoms with E-state index in [-0.39, 0.29) is 6.01 Å². The van der Waals surface area contributed by atoms with Crippen LogP contribution in [-0.4, -0.2) is 62.3 Å². The summed E-state index contributed by atoms with van der Waals surface area (Å²) in [5, 5.41) is 12.4. The van der Waals surface area contributed by atoms with E-state index in [0.717, 1.165) is 60.1 Å². The molecule has 2 fully saturated rings. The van der Waals surface area contributed by atoms with Crippen molar-refractivity contribution in [2.45, 2.75) is 45.6 Å². The molecule has 3 aromatic heterocycles. The van der Waals surface area contributed by atoms with Crippen molar-refractivity contribution in [2.24, 2.45) is 0 Å². The maximum Gasteiger partial charge on any atom is 0.325 e. The van der Waals surface area contributed by atoms with E-state index in [0.29, 0.717) is 28.5 Å². The van der Waals surface area contributed by atoms with Crippen LogP contribution in [0.15, 0.2) is 30.3 Å². The third-order valence-electron chi connectivity index (χ3n) is 6.97. The fourth-order valence-corrected chi connectivity index (χ4v) is 5.01. The summed E-state index contributed by atoms with van der Waals surface area (Å²) < 4.78 is 6.18. The largest absolute Gasteiger partial charge is 0.423 e. The van der Waals surface area contributed by atoms with E-state index < -0.39 is 0 Å². The average Bonchev–Trinajstić information content (AvgIpc) is 3.49. The van der Waals surface area contributed by atoms with Crippen molar-refractivity contribution in [3.05, 3.63) is 46.7 Å². The van der Waals surface area contributed by atoms with Crippen LogP contribution in [-0.2, 0) is 0 Å². The number of H-pyrrole nitrogens is 2. The zero-order chi connectivity index (χ0) is 24.8. The van der Waals surface area contributed by atoms with Crippen molar-refractivity contribution in [1.29, 1.82) is 0 Å². The van der Waals surface area contributed by atoms with Crippen molar-refractivity contribution in [2.75, 3.05) is 36.4 Å². The lowest BCUT2D eigenvalue weighted by Gasteiger charge is -2.37. The fourth-order valence-electron chi connectivity index (χ4n) is 4.75. The van der Waals surface area contributed by atoms with Crippen LogP contribution in [0.1, 0.15) is 44.0 Å². The second kappa shape index (κ2) is 9.29. The smallest absolute Gasteiger partial charge is 0.325 e. The molecule has 0 radical (unpaired) electrons. The van der Waals surface area contributed by atoms with Gasteiger partial charge < -0.3 is 19.9 Å². The van der Waals surface area contributed by atoms with Gasteiger partial charge in [-0.2, -0.15) is 15.1 Å². The molecule has 1 saturated heterocycles. The van der Waals surface area contributed by atoms with E-state index in [9.17, 15) is 0 Å². The first-order valence-electron chi connectivity index (χ1n) is 12.6. The highest BCUT2D eigenvalue weighted by Gasteiger charge is 2.26. The molecule has 1 aromatic carbocycles. The number of ether oxygens (including phenoxy) is 1. The lowest BCUT2D eigenvalue weighted by atomic mass is 10.2. The number of nitrogens with zero attached hydrogens (tertiary/aromatic N) is 5. The number of hydrogen-bond acceptors (Lipinski definition) is 7. The summed E-state index contributed by atoms with van der Waals surface area (Å²) in [7, 11) is 0. The third kappa shape index (κ3) is 4.73. The van der Waals surface area contributed by atoms with E-state index in [1.807, 2.05) is 31.2 Å². The molecule has 0 spiro atoms. The quantitative estimate of drug-likeness (QED) is 0.300. The van der Waals surface area contributed by atoms with Crippen molar-refractivity contribution in [3.8, 4) is 11.8 Å². The molecule has 4 aromatic rings. The van der Waals surface area contributed by atoms with Crippen LogP contribution >= 0.6 is 11.6 Å². The molecular weight excluding hydrogens is 476 g/mol. The van der Waals surface area contributed by atoms with Crippen molar-refractivity contribution >= 4 is 40.0 Å². The second-order valence-electron chi connectivity index (χ2n) is 10.0. The van der Waals surface area contributed by atoms with Crippen molar-refractivity contribution in [3.63, 3.8) is 0 Å². The van der Waals surface area contributed by atoms with Gasteiger partial charge in [0, 0.05) is 72.6 Å². The summed E-state index contributed by atoms with van der Waals surface area (Å²) in [5.74, 6) is 3.30. The van der Waals surface area contributed by atoms with Gasteiger partial charge in [-0.3, -0.25) is 10.00 Å². The number of fused-ring (bicyclic) bond motifs is 1. The van der Waals surface area contributed by atoms with Crippen LogP contribution < -0.4 is 15.0 Å². The zero-order valence-electron chi connectivity index (χ0n) is 20.8. The molecule has 1 aliphatic carbocycles. The standard InChI is InChI=1S/C26H31ClN8O/c1-15(2)34-8-10-35(11-9-34)24-14-22(29-23-13-20(32-33-23)17-4-5-17)30-26(31-24)36-21-7-6-19-18(25(21)27)12-16(3)28-19/h6-7,12-15,17,28H,4-5,8-11H2,1-3H3,(H2,29,30,31,32,33). The van der Waals surface area contributed by atoms with Crippen molar-refractivity contribution in [1.82, 2.24) is 30.0 Å². The Hall–Kier alpha value is -3.30. The predicted molar refractivity (Wildman–Crippen MR) is 143 cm³/mol. The van der Waals surface area contributed by atoms with Gasteiger partial charge in [-0.05, 0) is 51.8 Å². The van der Waals surface area contributed by atoms with Crippen molar-refractivity contribution < 1.29 is 4.74 Å². The number of benzene rings is 1. The molecule has 0 unspecified atom stereocenters. The van der Waals surface area contributed by atoms with Crippen LogP contribution in [0.4, 0.5) is 17.5 Å². The lowest BCUT2D eigenvalue weighted by molar-refractivity contribution is 0.209. The number of halogens is 1. The normalized spacial score (nSPS) is 16.8. The summed E-state index contributed by atoms with van der Waals surface area (Å²) in [6.07, 6.45) is 2.43. The number of piperazine rings is 1. The van der Waals surface area contributed by atoms with E-state index in [1.165, 1.54) is 12.8 Å². The molecule has 3 N–H and O–H groups in total. The minimum Gasteiger partial charge on any atom is -0.423 e. The molecule has 1 saturated carbocycles. The SMILES string of the molecule is Cc1cc2c(Cl)c(Oc3nc(Nc4cc(C5CC5)[nH]n4)cc(N4CCN(C(C)C)CC4)n3)ccc2[nH]1. The number of aromatic amines is 2. The van der Waals surface area contributed by atoms with E-state index in [1.54, 1.807) is 0 Å². The molecular formula is C26H31ClN8O. The highest BCUT2D eigenvalue weighted by atomic mass is 35.5. The zero-order valence-corrected chi connectivity index (χ0v) is 21.6. The number of hydrogen-bond donors (Lipinski definition) is 3. The highest BCUT2D eigenvalue weighted by molar-refractivity contribution is 6.37. The van der Waals surface area contributed by atoms with Crippen LogP contribution in [0.5, 0.6) is 11.8 Å². The van der Waals surface area contributed by atoms with Crippen LogP contribution in [0.3, 0.4) is 0 Å². The lowest BCUT2D eigenvalue weighted by Crippen LogP contribution is -2.49. The molecule has 10 heteroatoms. The van der Waals surface area contributed by atoms with Gasteiger partial charge in [0.1, 0.15) is 17.4 Å². The summed E-state index contributed by atoms with van der Waals surface area (Å²) in [6.45, 7) is 10.2. The molecule has 188 valence electrons. The topological polar surface area (TPSA) is 98.0 Å². The first-order valence-corrected chi connectivity index (χ1v) is 13.0. The monoisotopic (exact) mass is 506 g/mol. The molecule has 4 heterocycles. The highest BCUT2D eigenvalue weighted by Crippen LogP contribution is 2.40. The first kappa shape index (κ1) is 23.1. The Kier molecular flexibility index (Phi) is 5.97. The Balaban J connectivity index is 1.30. The number of anilines is 3. The van der Waals surface area contributed by atoms with Gasteiger partial charge in [0.2, 0.25) is 0 Å². The van der Waals surface area contributed by atoms with Gasteiger partial charge in [0.05, 0.1) is 5.02 Å². The maximum absolute atomic E-state index is 6.70. The molecule has 0 amide bonds. The minimum atomic E-state index is 0.243. The average molecular weight is 507 g/mol. The third-order valence-corrected chi connectivity index (χ3v) is 7.36. The van der Waals surface area contributed by atoms with E-state index in [4.69, 9.17) is 21.3 Å². The molecule has 1 aliphatic heterocycles. The first-order chi connectivity index (χ1) is 17.4. The van der Waals surface area contributed by atoms with Gasteiger partial charge in [-0.15, -0.1) is 0 Å². The summed E-state index contributed by atoms with van der Waals surface area (Å²) in [5.41, 5.74) is 3.17. The Morgan fingerprint density at radius 3 is 2.61 bits per heavy atom. The van der Waals surface area contributed by atoms with E-state index in [2.05, 4.69) is 55.2 Å². The fraction of sp³-hybridized carbons (Fsp3) is 0.423. The molecule has 36 heavy (non-hydrogen) atoms. The number of aromatic nitrogens is 5. The summed E-state index contributed by atoms with van der Waals surface area (Å²) >= 11 is 6.70. The van der Waals surface area contributed by atoms with Gasteiger partial charge in [0.25, 0.3) is 0 Å². The van der Waals surface area contributed by atoms with Crippen LogP contribution in [0.2, 0.25) is 5.02 Å². The number of aryl methyl sites for hydroxylation is 1. The maximum atomic E-state index is 6.70. The van der Waals surface area contributed by atoms with Crippen LogP contribution in [0.25, 0.3) is 10.9 Å². The van der Waals surface area contributed by atoms with E-state index >= 15 is 0 Å². The summed E-state index contributed by atoms with van der Waals surface area (Å²) in [4.78, 5) is 17.5. The summed E-state index contributed by atoms with van der Waals surface area (Å²) in [6, 6.07) is 10.6.